The normalized spacial score (nSPS) is 10.9. The van der Waals surface area contributed by atoms with E-state index < -0.39 is 0 Å². The third-order valence-corrected chi connectivity index (χ3v) is 3.91. The molecule has 0 nitrogen and oxygen atoms in total. The average molecular weight is 310 g/mol. The Balaban J connectivity index is 2.87. The largest absolute Gasteiger partial charge is 0.206 e. The zero-order chi connectivity index (χ0) is 8.72. The van der Waals surface area contributed by atoms with E-state index >= 15 is 0 Å². The van der Waals surface area contributed by atoms with E-state index in [1.807, 2.05) is 34.0 Å². The Morgan fingerprint density at radius 2 is 2.17 bits per heavy atom. The highest BCUT2D eigenvalue weighted by atomic mass is 127. The van der Waals surface area contributed by atoms with E-state index in [2.05, 4.69) is 12.6 Å². The number of hydrogen-bond acceptors (Lipinski definition) is 2. The maximum atomic E-state index is 13.0. The van der Waals surface area contributed by atoms with Crippen molar-refractivity contribution in [2.45, 2.75) is 4.90 Å². The molecule has 0 bridgehead atoms. The Labute approximate surface area is 92.3 Å². The molecule has 1 aromatic heterocycles. The van der Waals surface area contributed by atoms with Crippen molar-refractivity contribution in [2.75, 3.05) is 0 Å². The van der Waals surface area contributed by atoms with Crippen molar-refractivity contribution in [2.24, 2.45) is 0 Å². The van der Waals surface area contributed by atoms with Gasteiger partial charge in [0.25, 0.3) is 0 Å². The summed E-state index contributed by atoms with van der Waals surface area (Å²) in [5.41, 5.74) is 0. The van der Waals surface area contributed by atoms with Crippen molar-refractivity contribution < 1.29 is 4.39 Å². The van der Waals surface area contributed by atoms with Gasteiger partial charge in [0.2, 0.25) is 0 Å². The first kappa shape index (κ1) is 8.77. The van der Waals surface area contributed by atoms with E-state index in [4.69, 9.17) is 0 Å². The molecule has 0 fully saturated rings. The molecule has 0 unspecified atom stereocenters. The maximum absolute atomic E-state index is 13.0. The van der Waals surface area contributed by atoms with E-state index in [-0.39, 0.29) is 5.82 Å². The number of rotatable bonds is 0. The molecule has 0 aliphatic rings. The summed E-state index contributed by atoms with van der Waals surface area (Å²) in [5, 5.41) is 2.96. The van der Waals surface area contributed by atoms with Crippen molar-refractivity contribution in [1.29, 1.82) is 0 Å². The number of thiophene rings is 1. The average Bonchev–Trinajstić information content (AvgIpc) is 2.35. The van der Waals surface area contributed by atoms with Gasteiger partial charge < -0.3 is 0 Å². The molecule has 1 heterocycles. The highest BCUT2D eigenvalue weighted by Crippen LogP contribution is 2.30. The standard InChI is InChI=1S/C8H4FIS2/c9-5-2-8-4(1-6(5)10)7(11)3-12-8/h1-3,11H. The molecular formula is C8H4FIS2. The lowest BCUT2D eigenvalue weighted by Gasteiger charge is -1.94. The van der Waals surface area contributed by atoms with E-state index in [1.54, 1.807) is 6.07 Å². The third-order valence-electron chi connectivity index (χ3n) is 1.60. The molecule has 62 valence electrons. The highest BCUT2D eigenvalue weighted by molar-refractivity contribution is 14.1. The van der Waals surface area contributed by atoms with E-state index in [0.717, 1.165) is 15.0 Å². The quantitative estimate of drug-likeness (QED) is 0.553. The van der Waals surface area contributed by atoms with Crippen molar-refractivity contribution >= 4 is 56.6 Å². The zero-order valence-electron chi connectivity index (χ0n) is 5.84. The van der Waals surface area contributed by atoms with Crippen LogP contribution >= 0.6 is 46.6 Å². The molecular weight excluding hydrogens is 306 g/mol. The van der Waals surface area contributed by atoms with Gasteiger partial charge in [-0.05, 0) is 34.7 Å². The number of hydrogen-bond donors (Lipinski definition) is 1. The van der Waals surface area contributed by atoms with Gasteiger partial charge in [0.15, 0.2) is 0 Å². The van der Waals surface area contributed by atoms with Crippen LogP contribution in [0.1, 0.15) is 0 Å². The van der Waals surface area contributed by atoms with E-state index in [1.165, 1.54) is 11.3 Å². The number of benzene rings is 1. The lowest BCUT2D eigenvalue weighted by Crippen LogP contribution is -1.78. The minimum Gasteiger partial charge on any atom is -0.206 e. The van der Waals surface area contributed by atoms with Crippen LogP contribution in [0, 0.1) is 9.39 Å². The van der Waals surface area contributed by atoms with Crippen molar-refractivity contribution in [1.82, 2.24) is 0 Å². The summed E-state index contributed by atoms with van der Waals surface area (Å²) in [4.78, 5) is 0.924. The lowest BCUT2D eigenvalue weighted by molar-refractivity contribution is 0.622. The minimum atomic E-state index is -0.154. The van der Waals surface area contributed by atoms with Gasteiger partial charge in [-0.15, -0.1) is 24.0 Å². The Morgan fingerprint density at radius 1 is 1.42 bits per heavy atom. The molecule has 0 N–H and O–H groups in total. The van der Waals surface area contributed by atoms with Gasteiger partial charge in [-0.1, -0.05) is 0 Å². The first-order chi connectivity index (χ1) is 5.68. The Hall–Kier alpha value is 0.190. The highest BCUT2D eigenvalue weighted by Gasteiger charge is 2.05. The summed E-state index contributed by atoms with van der Waals surface area (Å²) in [7, 11) is 0. The van der Waals surface area contributed by atoms with Gasteiger partial charge in [-0.2, -0.15) is 0 Å². The van der Waals surface area contributed by atoms with Crippen molar-refractivity contribution in [3.63, 3.8) is 0 Å². The molecule has 12 heavy (non-hydrogen) atoms. The Kier molecular flexibility index (Phi) is 2.31. The smallest absolute Gasteiger partial charge is 0.137 e. The molecule has 4 heteroatoms. The number of thiol groups is 1. The van der Waals surface area contributed by atoms with E-state index in [9.17, 15) is 4.39 Å². The first-order valence-corrected chi connectivity index (χ1v) is 5.64. The van der Waals surface area contributed by atoms with Crippen LogP contribution in [0.3, 0.4) is 0 Å². The first-order valence-electron chi connectivity index (χ1n) is 3.23. The topological polar surface area (TPSA) is 0 Å². The molecule has 0 atom stereocenters. The molecule has 0 aliphatic heterocycles. The Bertz CT molecular complexity index is 436. The predicted octanol–water partition coefficient (Wildman–Crippen LogP) is 3.93. The van der Waals surface area contributed by atoms with Gasteiger partial charge >= 0.3 is 0 Å². The Morgan fingerprint density at radius 3 is 2.92 bits per heavy atom. The zero-order valence-corrected chi connectivity index (χ0v) is 9.71. The SMILES string of the molecule is Fc1cc2scc(S)c2cc1I. The van der Waals surface area contributed by atoms with Crippen LogP contribution in [0.15, 0.2) is 22.4 Å². The van der Waals surface area contributed by atoms with Gasteiger partial charge in [-0.3, -0.25) is 0 Å². The van der Waals surface area contributed by atoms with Crippen LogP contribution < -0.4 is 0 Å². The summed E-state index contributed by atoms with van der Waals surface area (Å²) in [5.74, 6) is -0.154. The molecule has 0 saturated heterocycles. The van der Waals surface area contributed by atoms with Gasteiger partial charge in [-0.25, -0.2) is 4.39 Å². The number of fused-ring (bicyclic) bond motifs is 1. The molecule has 0 spiro atoms. The van der Waals surface area contributed by atoms with Crippen LogP contribution in [0.25, 0.3) is 10.1 Å². The number of halogens is 2. The van der Waals surface area contributed by atoms with Crippen LogP contribution in [0.4, 0.5) is 4.39 Å². The fraction of sp³-hybridized carbons (Fsp3) is 0. The van der Waals surface area contributed by atoms with Crippen LogP contribution in [-0.2, 0) is 0 Å². The predicted molar refractivity (Wildman–Crippen MR) is 61.8 cm³/mol. The molecule has 2 rings (SSSR count). The summed E-state index contributed by atoms with van der Waals surface area (Å²) >= 11 is 7.77. The fourth-order valence-electron chi connectivity index (χ4n) is 1.01. The van der Waals surface area contributed by atoms with Gasteiger partial charge in [0.05, 0.1) is 0 Å². The third kappa shape index (κ3) is 1.36. The van der Waals surface area contributed by atoms with Crippen LogP contribution in [0.2, 0.25) is 0 Å². The molecule has 0 saturated carbocycles. The fourth-order valence-corrected chi connectivity index (χ4v) is 2.73. The van der Waals surface area contributed by atoms with Crippen LogP contribution in [-0.4, -0.2) is 0 Å². The molecule has 0 aliphatic carbocycles. The monoisotopic (exact) mass is 310 g/mol. The van der Waals surface area contributed by atoms with Gasteiger partial charge in [0.1, 0.15) is 5.82 Å². The minimum absolute atomic E-state index is 0.154. The summed E-state index contributed by atoms with van der Waals surface area (Å²) in [6.07, 6.45) is 0. The summed E-state index contributed by atoms with van der Waals surface area (Å²) < 4.78 is 14.6. The molecule has 1 aromatic carbocycles. The lowest BCUT2D eigenvalue weighted by atomic mass is 10.2. The second kappa shape index (κ2) is 3.16. The summed E-state index contributed by atoms with van der Waals surface area (Å²) in [6, 6.07) is 3.38. The van der Waals surface area contributed by atoms with Gasteiger partial charge in [0, 0.05) is 23.9 Å². The van der Waals surface area contributed by atoms with E-state index in [0.29, 0.717) is 3.57 Å². The maximum Gasteiger partial charge on any atom is 0.137 e. The van der Waals surface area contributed by atoms with Crippen molar-refractivity contribution in [3.8, 4) is 0 Å². The molecule has 2 aromatic rings. The second-order valence-electron chi connectivity index (χ2n) is 2.38. The van der Waals surface area contributed by atoms with Crippen LogP contribution in [0.5, 0.6) is 0 Å². The molecule has 0 amide bonds. The summed E-state index contributed by atoms with van der Waals surface area (Å²) in [6.45, 7) is 0. The van der Waals surface area contributed by atoms with Crippen molar-refractivity contribution in [3.05, 3.63) is 26.9 Å². The second-order valence-corrected chi connectivity index (χ2v) is 4.94. The molecule has 0 radical (unpaired) electrons.